The van der Waals surface area contributed by atoms with E-state index in [2.05, 4.69) is 33.8 Å². The molecule has 0 spiro atoms. The van der Waals surface area contributed by atoms with Gasteiger partial charge in [-0.2, -0.15) is 0 Å². The minimum Gasteiger partial charge on any atom is -0.406 e. The average molecular weight is 290 g/mol. The normalized spacial score (nSPS) is 10.8. The Morgan fingerprint density at radius 3 is 2.90 bits per heavy atom. The maximum Gasteiger partial charge on any atom is 0.320 e. The van der Waals surface area contributed by atoms with E-state index in [1.54, 1.807) is 7.11 Å². The summed E-state index contributed by atoms with van der Waals surface area (Å²) in [5, 5.41) is 14.4. The Bertz CT molecular complexity index is 542. The molecule has 0 saturated carbocycles. The summed E-state index contributed by atoms with van der Waals surface area (Å²) in [4.78, 5) is 0. The van der Waals surface area contributed by atoms with Crippen molar-refractivity contribution in [1.82, 2.24) is 15.5 Å². The van der Waals surface area contributed by atoms with Crippen molar-refractivity contribution >= 4 is 11.7 Å². The van der Waals surface area contributed by atoms with Crippen LogP contribution in [-0.2, 0) is 17.7 Å². The molecular formula is C15H22N4O2. The van der Waals surface area contributed by atoms with Crippen LogP contribution in [0.15, 0.2) is 28.7 Å². The monoisotopic (exact) mass is 290 g/mol. The van der Waals surface area contributed by atoms with Crippen molar-refractivity contribution < 1.29 is 9.15 Å². The number of nitrogens with one attached hydrogen (secondary N) is 2. The predicted molar refractivity (Wildman–Crippen MR) is 81.6 cm³/mol. The van der Waals surface area contributed by atoms with Gasteiger partial charge in [0.05, 0.1) is 13.2 Å². The number of ether oxygens (including phenoxy) is 1. The predicted octanol–water partition coefficient (Wildman–Crippen LogP) is 2.50. The fraction of sp³-hybridized carbons (Fsp3) is 0.467. The van der Waals surface area contributed by atoms with E-state index in [0.29, 0.717) is 25.1 Å². The Hall–Kier alpha value is -1.92. The van der Waals surface area contributed by atoms with Gasteiger partial charge in [-0.1, -0.05) is 36.6 Å². The summed E-state index contributed by atoms with van der Waals surface area (Å²) < 4.78 is 10.5. The van der Waals surface area contributed by atoms with Gasteiger partial charge in [0.2, 0.25) is 5.89 Å². The summed E-state index contributed by atoms with van der Waals surface area (Å²) in [5.41, 5.74) is 2.26. The molecule has 1 heterocycles. The van der Waals surface area contributed by atoms with Crippen LogP contribution >= 0.6 is 0 Å². The van der Waals surface area contributed by atoms with Crippen molar-refractivity contribution in [3.8, 4) is 0 Å². The van der Waals surface area contributed by atoms with Crippen LogP contribution in [-0.4, -0.2) is 30.5 Å². The Morgan fingerprint density at radius 2 is 2.10 bits per heavy atom. The number of aromatic nitrogens is 2. The highest BCUT2D eigenvalue weighted by atomic mass is 16.5. The maximum atomic E-state index is 5.56. The van der Waals surface area contributed by atoms with Crippen molar-refractivity contribution in [1.29, 1.82) is 0 Å². The minimum atomic E-state index is 0.419. The van der Waals surface area contributed by atoms with Crippen molar-refractivity contribution in [2.45, 2.75) is 26.3 Å². The van der Waals surface area contributed by atoms with Crippen molar-refractivity contribution in [2.75, 3.05) is 25.6 Å². The molecule has 21 heavy (non-hydrogen) atoms. The van der Waals surface area contributed by atoms with Gasteiger partial charge in [-0.15, -0.1) is 5.10 Å². The van der Waals surface area contributed by atoms with E-state index < -0.39 is 0 Å². The third-order valence-electron chi connectivity index (χ3n) is 3.00. The third-order valence-corrected chi connectivity index (χ3v) is 3.00. The molecule has 114 valence electrons. The molecule has 2 N–H and O–H groups in total. The zero-order valence-electron chi connectivity index (χ0n) is 12.6. The highest BCUT2D eigenvalue weighted by molar-refractivity contribution is 5.57. The Balaban J connectivity index is 1.93. The maximum absolute atomic E-state index is 5.56. The number of hydrogen-bond donors (Lipinski definition) is 2. The van der Waals surface area contributed by atoms with E-state index in [-0.39, 0.29) is 0 Å². The molecule has 0 aliphatic heterocycles. The van der Waals surface area contributed by atoms with Gasteiger partial charge in [-0.05, 0) is 18.1 Å². The lowest BCUT2D eigenvalue weighted by molar-refractivity contribution is 0.198. The van der Waals surface area contributed by atoms with Gasteiger partial charge in [0.25, 0.3) is 0 Å². The molecule has 0 fully saturated rings. The van der Waals surface area contributed by atoms with Crippen LogP contribution in [0.2, 0.25) is 0 Å². The Labute approximate surface area is 124 Å². The second-order valence-corrected chi connectivity index (χ2v) is 4.70. The topological polar surface area (TPSA) is 72.2 Å². The molecule has 0 amide bonds. The molecule has 2 aromatic rings. The number of methoxy groups -OCH3 is 1. The molecule has 0 aliphatic carbocycles. The molecule has 0 atom stereocenters. The van der Waals surface area contributed by atoms with Crippen LogP contribution < -0.4 is 10.6 Å². The lowest BCUT2D eigenvalue weighted by Crippen LogP contribution is -2.18. The number of hydrogen-bond acceptors (Lipinski definition) is 6. The highest BCUT2D eigenvalue weighted by Crippen LogP contribution is 2.21. The first-order chi connectivity index (χ1) is 10.3. The van der Waals surface area contributed by atoms with Gasteiger partial charge in [-0.25, -0.2) is 0 Å². The van der Waals surface area contributed by atoms with Gasteiger partial charge >= 0.3 is 6.01 Å². The zero-order chi connectivity index (χ0) is 14.9. The van der Waals surface area contributed by atoms with Gasteiger partial charge in [0.15, 0.2) is 0 Å². The molecule has 0 bridgehead atoms. The van der Waals surface area contributed by atoms with Crippen LogP contribution in [0.5, 0.6) is 0 Å². The van der Waals surface area contributed by atoms with E-state index in [1.807, 2.05) is 18.2 Å². The van der Waals surface area contributed by atoms with Crippen molar-refractivity contribution in [2.24, 2.45) is 0 Å². The number of benzene rings is 1. The van der Waals surface area contributed by atoms with Gasteiger partial charge in [0, 0.05) is 19.3 Å². The quantitative estimate of drug-likeness (QED) is 0.691. The number of rotatable bonds is 9. The molecule has 0 aliphatic rings. The molecule has 6 heteroatoms. The van der Waals surface area contributed by atoms with E-state index in [9.17, 15) is 0 Å². The number of aryl methyl sites for hydroxylation is 1. The SMILES string of the molecule is CCCc1ccccc1Nc1nnc(CNCCOC)o1. The molecule has 6 nitrogen and oxygen atoms in total. The first-order valence-electron chi connectivity index (χ1n) is 7.20. The Morgan fingerprint density at radius 1 is 1.24 bits per heavy atom. The highest BCUT2D eigenvalue weighted by Gasteiger charge is 2.08. The van der Waals surface area contributed by atoms with E-state index >= 15 is 0 Å². The van der Waals surface area contributed by atoms with Gasteiger partial charge in [-0.3, -0.25) is 0 Å². The fourth-order valence-electron chi connectivity index (χ4n) is 1.99. The van der Waals surface area contributed by atoms with Crippen LogP contribution in [0, 0.1) is 0 Å². The van der Waals surface area contributed by atoms with Crippen LogP contribution in [0.1, 0.15) is 24.8 Å². The molecule has 0 saturated heterocycles. The second kappa shape index (κ2) is 8.39. The molecule has 0 radical (unpaired) electrons. The summed E-state index contributed by atoms with van der Waals surface area (Å²) in [5.74, 6) is 0.557. The number of para-hydroxylation sites is 1. The molecule has 1 aromatic heterocycles. The van der Waals surface area contributed by atoms with E-state index in [1.165, 1.54) is 5.56 Å². The second-order valence-electron chi connectivity index (χ2n) is 4.70. The first-order valence-corrected chi connectivity index (χ1v) is 7.20. The molecule has 0 unspecified atom stereocenters. The summed E-state index contributed by atoms with van der Waals surface area (Å²) >= 11 is 0. The fourth-order valence-corrected chi connectivity index (χ4v) is 1.99. The van der Waals surface area contributed by atoms with Gasteiger partial charge < -0.3 is 19.8 Å². The molecule has 2 rings (SSSR count). The molecular weight excluding hydrogens is 268 g/mol. The molecule has 1 aromatic carbocycles. The summed E-state index contributed by atoms with van der Waals surface area (Å²) in [6.07, 6.45) is 2.11. The van der Waals surface area contributed by atoms with E-state index in [0.717, 1.165) is 25.1 Å². The van der Waals surface area contributed by atoms with Crippen molar-refractivity contribution in [3.05, 3.63) is 35.7 Å². The summed E-state index contributed by atoms with van der Waals surface area (Å²) in [6.45, 7) is 4.10. The van der Waals surface area contributed by atoms with Crippen LogP contribution in [0.25, 0.3) is 0 Å². The smallest absolute Gasteiger partial charge is 0.320 e. The lowest BCUT2D eigenvalue weighted by Gasteiger charge is -2.07. The minimum absolute atomic E-state index is 0.419. The van der Waals surface area contributed by atoms with Gasteiger partial charge in [0.1, 0.15) is 0 Å². The van der Waals surface area contributed by atoms with Crippen LogP contribution in [0.3, 0.4) is 0 Å². The Kier molecular flexibility index (Phi) is 6.18. The van der Waals surface area contributed by atoms with E-state index in [4.69, 9.17) is 9.15 Å². The standard InChI is InChI=1S/C15H22N4O2/c1-3-6-12-7-4-5-8-13(12)17-15-19-18-14(21-15)11-16-9-10-20-2/h4-5,7-8,16H,3,6,9-11H2,1-2H3,(H,17,19). The first kappa shape index (κ1) is 15.5. The average Bonchev–Trinajstić information content (AvgIpc) is 2.94. The summed E-state index contributed by atoms with van der Waals surface area (Å²) in [6, 6.07) is 8.57. The van der Waals surface area contributed by atoms with Crippen molar-refractivity contribution in [3.63, 3.8) is 0 Å². The number of nitrogens with zero attached hydrogens (tertiary/aromatic N) is 2. The number of anilines is 2. The zero-order valence-corrected chi connectivity index (χ0v) is 12.6. The lowest BCUT2D eigenvalue weighted by atomic mass is 10.1. The summed E-state index contributed by atoms with van der Waals surface area (Å²) in [7, 11) is 1.67. The van der Waals surface area contributed by atoms with Crippen LogP contribution in [0.4, 0.5) is 11.7 Å². The third kappa shape index (κ3) is 4.84. The largest absolute Gasteiger partial charge is 0.406 e.